The number of nitrogens with zero attached hydrogens (tertiary/aromatic N) is 7. The highest BCUT2D eigenvalue weighted by Gasteiger charge is 2.31. The van der Waals surface area contributed by atoms with E-state index in [-0.39, 0.29) is 11.8 Å². The van der Waals surface area contributed by atoms with Gasteiger partial charge in [0.1, 0.15) is 18.0 Å². The summed E-state index contributed by atoms with van der Waals surface area (Å²) in [4.78, 5) is 27.5. The van der Waals surface area contributed by atoms with Crippen molar-refractivity contribution in [1.29, 1.82) is 5.26 Å². The van der Waals surface area contributed by atoms with Crippen LogP contribution in [0.1, 0.15) is 36.0 Å². The van der Waals surface area contributed by atoms with E-state index in [1.165, 1.54) is 53.3 Å². The Morgan fingerprint density at radius 1 is 1.11 bits per heavy atom. The number of halogens is 3. The van der Waals surface area contributed by atoms with Gasteiger partial charge in [-0.25, -0.2) is 19.5 Å². The molecule has 1 aliphatic heterocycles. The van der Waals surface area contributed by atoms with Crippen molar-refractivity contribution in [3.05, 3.63) is 89.7 Å². The lowest BCUT2D eigenvalue weighted by Gasteiger charge is -2.37. The number of aryl methyl sites for hydroxylation is 2. The summed E-state index contributed by atoms with van der Waals surface area (Å²) in [6.07, 6.45) is -1.09. The maximum atomic E-state index is 12.8. The number of ether oxygens (including phenoxy) is 1. The van der Waals surface area contributed by atoms with Crippen LogP contribution < -0.4 is 9.64 Å². The Kier molecular flexibility index (Phi) is 9.34. The normalized spacial score (nSPS) is 17.0. The van der Waals surface area contributed by atoms with Gasteiger partial charge in [0.25, 0.3) is 0 Å². The fourth-order valence-electron chi connectivity index (χ4n) is 4.90. The molecule has 2 unspecified atom stereocenters. The number of benzene rings is 3. The van der Waals surface area contributed by atoms with E-state index >= 15 is 0 Å². The zero-order chi connectivity index (χ0) is 32.1. The summed E-state index contributed by atoms with van der Waals surface area (Å²) in [7, 11) is 0. The van der Waals surface area contributed by atoms with Crippen LogP contribution in [0.5, 0.6) is 5.75 Å². The summed E-state index contributed by atoms with van der Waals surface area (Å²) in [6, 6.07) is 19.9. The Morgan fingerprint density at radius 3 is 2.44 bits per heavy atom. The Morgan fingerprint density at radius 2 is 1.80 bits per heavy atom. The molecule has 2 atom stereocenters. The molecule has 2 amide bonds. The Labute approximate surface area is 262 Å². The van der Waals surface area contributed by atoms with Crippen LogP contribution >= 0.6 is 11.8 Å². The van der Waals surface area contributed by atoms with E-state index in [0.29, 0.717) is 27.8 Å². The van der Waals surface area contributed by atoms with Crippen LogP contribution in [0.15, 0.2) is 83.0 Å². The molecule has 1 aliphatic rings. The van der Waals surface area contributed by atoms with Crippen LogP contribution in [0.2, 0.25) is 0 Å². The van der Waals surface area contributed by atoms with Gasteiger partial charge in [-0.15, -0.1) is 18.3 Å². The van der Waals surface area contributed by atoms with E-state index in [1.807, 2.05) is 32.0 Å². The number of para-hydroxylation sites is 1. The number of rotatable bonds is 6. The monoisotopic (exact) mass is 631 g/mol. The van der Waals surface area contributed by atoms with E-state index in [2.05, 4.69) is 42.7 Å². The first kappa shape index (κ1) is 31.5. The number of aromatic nitrogens is 3. The molecule has 2 heterocycles. The predicted octanol–water partition coefficient (Wildman–Crippen LogP) is 7.64. The molecule has 4 aromatic rings. The van der Waals surface area contributed by atoms with Gasteiger partial charge < -0.3 is 9.64 Å². The van der Waals surface area contributed by atoms with Gasteiger partial charge in [0, 0.05) is 29.3 Å². The summed E-state index contributed by atoms with van der Waals surface area (Å²) in [6.45, 7) is 6.18. The molecule has 0 aliphatic carbocycles. The summed E-state index contributed by atoms with van der Waals surface area (Å²) in [5.41, 5.74) is 4.99. The number of hydrogen-bond acceptors (Lipinski definition) is 6. The van der Waals surface area contributed by atoms with Crippen LogP contribution in [0, 0.1) is 25.2 Å². The fourth-order valence-corrected chi connectivity index (χ4v) is 6.09. The van der Waals surface area contributed by atoms with Gasteiger partial charge in [0.05, 0.1) is 11.8 Å². The van der Waals surface area contributed by atoms with Crippen molar-refractivity contribution in [2.45, 2.75) is 45.5 Å². The molecule has 0 N–H and O–H groups in total. The predicted molar refractivity (Wildman–Crippen MR) is 168 cm³/mol. The van der Waals surface area contributed by atoms with Crippen LogP contribution in [-0.4, -0.2) is 50.3 Å². The molecule has 0 bridgehead atoms. The highest BCUT2D eigenvalue weighted by Crippen LogP contribution is 2.34. The molecular weight excluding hydrogens is 603 g/mol. The maximum absolute atomic E-state index is 12.8. The van der Waals surface area contributed by atoms with Crippen molar-refractivity contribution in [1.82, 2.24) is 14.8 Å². The molecule has 0 radical (unpaired) electrons. The van der Waals surface area contributed by atoms with Gasteiger partial charge in [-0.05, 0) is 68.1 Å². The number of amides is 2. The number of amidine groups is 1. The smallest absolute Gasteiger partial charge is 0.406 e. The first-order chi connectivity index (χ1) is 21.5. The number of nitriles is 1. The van der Waals surface area contributed by atoms with Gasteiger partial charge in [-0.3, -0.25) is 0 Å². The molecule has 230 valence electrons. The summed E-state index contributed by atoms with van der Waals surface area (Å²) in [5.74, 6) is 0.0764. The van der Waals surface area contributed by atoms with Crippen molar-refractivity contribution in [2.75, 3.05) is 10.7 Å². The Hall–Kier alpha value is -4.96. The molecular formula is C32H28F3N7O2S. The highest BCUT2D eigenvalue weighted by atomic mass is 32.2. The molecule has 3 aromatic carbocycles. The van der Waals surface area contributed by atoms with Gasteiger partial charge in [-0.2, -0.15) is 10.3 Å². The van der Waals surface area contributed by atoms with Crippen molar-refractivity contribution in [2.24, 2.45) is 9.98 Å². The number of carbonyl (C=O) groups is 1. The van der Waals surface area contributed by atoms with Crippen LogP contribution in [0.4, 0.5) is 23.7 Å². The van der Waals surface area contributed by atoms with E-state index in [1.54, 1.807) is 24.3 Å². The number of aliphatic imine (C=N–C) groups is 2. The molecule has 9 nitrogen and oxygen atoms in total. The van der Waals surface area contributed by atoms with Gasteiger partial charge in [0.2, 0.25) is 0 Å². The minimum atomic E-state index is -4.77. The number of urea groups is 1. The summed E-state index contributed by atoms with van der Waals surface area (Å²) >= 11 is 1.51. The minimum absolute atomic E-state index is 0.159. The summed E-state index contributed by atoms with van der Waals surface area (Å²) < 4.78 is 42.6. The summed E-state index contributed by atoms with van der Waals surface area (Å²) in [5, 5.41) is 14.8. The van der Waals surface area contributed by atoms with Crippen LogP contribution in [0.3, 0.4) is 0 Å². The second-order valence-corrected chi connectivity index (χ2v) is 11.4. The average molecular weight is 632 g/mol. The number of hydrogen-bond donors (Lipinski definition) is 0. The van der Waals surface area contributed by atoms with Gasteiger partial charge in [0.15, 0.2) is 11.0 Å². The Balaban J connectivity index is 1.28. The second kappa shape index (κ2) is 13.4. The first-order valence-corrected chi connectivity index (χ1v) is 14.9. The standard InChI is InChI=1S/C32H28F3N7O2S/c1-20-5-4-6-21(2)28(20)42-22(3)15-16-45-31(42)39-30(43)37-18-25(17-36)23-7-9-24(10-8-23)29-38-19-41(40-29)26-11-13-27(14-12-26)44-32(33,34)35/h4-14,18-19,22,25H,15-16H2,1-3H3. The third kappa shape index (κ3) is 7.58. The van der Waals surface area contributed by atoms with Crippen LogP contribution in [-0.2, 0) is 0 Å². The van der Waals surface area contributed by atoms with E-state index in [4.69, 9.17) is 0 Å². The highest BCUT2D eigenvalue weighted by molar-refractivity contribution is 8.14. The third-order valence-electron chi connectivity index (χ3n) is 7.11. The van der Waals surface area contributed by atoms with Crippen molar-refractivity contribution in [3.63, 3.8) is 0 Å². The lowest BCUT2D eigenvalue weighted by Crippen LogP contribution is -2.42. The largest absolute Gasteiger partial charge is 0.573 e. The third-order valence-corrected chi connectivity index (χ3v) is 8.10. The van der Waals surface area contributed by atoms with Gasteiger partial charge >= 0.3 is 12.4 Å². The molecule has 5 rings (SSSR count). The minimum Gasteiger partial charge on any atom is -0.406 e. The van der Waals surface area contributed by atoms with Crippen molar-refractivity contribution in [3.8, 4) is 28.9 Å². The van der Waals surface area contributed by atoms with E-state index in [0.717, 1.165) is 29.0 Å². The number of anilines is 1. The molecule has 1 fully saturated rings. The van der Waals surface area contributed by atoms with Crippen molar-refractivity contribution >= 4 is 34.9 Å². The lowest BCUT2D eigenvalue weighted by molar-refractivity contribution is -0.274. The zero-order valence-electron chi connectivity index (χ0n) is 24.6. The number of thioether (sulfide) groups is 1. The quantitative estimate of drug-likeness (QED) is 0.201. The molecule has 0 saturated carbocycles. The van der Waals surface area contributed by atoms with Crippen molar-refractivity contribution < 1.29 is 22.7 Å². The number of alkyl halides is 3. The topological polar surface area (TPSA) is 109 Å². The molecule has 1 saturated heterocycles. The van der Waals surface area contributed by atoms with E-state index in [9.17, 15) is 23.2 Å². The fraction of sp³-hybridized carbons (Fsp3) is 0.250. The van der Waals surface area contributed by atoms with E-state index < -0.39 is 18.3 Å². The maximum Gasteiger partial charge on any atom is 0.573 e. The number of carbonyl (C=O) groups excluding carboxylic acids is 1. The lowest BCUT2D eigenvalue weighted by atomic mass is 10.0. The molecule has 1 aromatic heterocycles. The Bertz CT molecular complexity index is 1760. The zero-order valence-corrected chi connectivity index (χ0v) is 25.4. The SMILES string of the molecule is Cc1cccc(C)c1N1C(=NC(=O)N=CC(C#N)c2ccc(-c3ncn(-c4ccc(OC(F)(F)F)cc4)n3)cc2)SCCC1C. The molecule has 0 spiro atoms. The second-order valence-electron chi connectivity index (χ2n) is 10.3. The van der Waals surface area contributed by atoms with Crippen LogP contribution in [0.25, 0.3) is 17.1 Å². The first-order valence-electron chi connectivity index (χ1n) is 14.0. The average Bonchev–Trinajstić information content (AvgIpc) is 3.49. The molecule has 13 heteroatoms. The molecule has 45 heavy (non-hydrogen) atoms. The van der Waals surface area contributed by atoms with Gasteiger partial charge in [-0.1, -0.05) is 54.2 Å².